The van der Waals surface area contributed by atoms with Gasteiger partial charge in [-0.15, -0.1) is 0 Å². The smallest absolute Gasteiger partial charge is 0.507 e. The summed E-state index contributed by atoms with van der Waals surface area (Å²) in [5.41, 5.74) is 1.37. The molecular formula is C24H23N3O6. The standard InChI is InChI=1S/C24H23N3O6/c28-19-10-11-20-21(15-19)32-17-23(29)25(20)12-6-13-26(22-9-4-5-14-27(22)31)24(30)33-16-18-7-2-1-3-8-18/h1-5,7-11,14-15,28H,6,12-13,16-17H2. The molecule has 9 heteroatoms. The number of aromatic nitrogens is 1. The Morgan fingerprint density at radius 2 is 1.94 bits per heavy atom. The highest BCUT2D eigenvalue weighted by molar-refractivity contribution is 5.98. The monoisotopic (exact) mass is 449 g/mol. The third-order valence-electron chi connectivity index (χ3n) is 5.16. The van der Waals surface area contributed by atoms with Gasteiger partial charge in [0.2, 0.25) is 0 Å². The Bertz CT molecular complexity index is 1140. The molecule has 1 aromatic heterocycles. The lowest BCUT2D eigenvalue weighted by Crippen LogP contribution is -2.44. The summed E-state index contributed by atoms with van der Waals surface area (Å²) in [7, 11) is 0. The Hall–Kier alpha value is -4.27. The fourth-order valence-corrected chi connectivity index (χ4v) is 3.55. The van der Waals surface area contributed by atoms with Gasteiger partial charge in [0.25, 0.3) is 11.7 Å². The van der Waals surface area contributed by atoms with Gasteiger partial charge in [-0.25, -0.2) is 4.73 Å². The normalized spacial score (nSPS) is 12.6. The number of anilines is 2. The van der Waals surface area contributed by atoms with Gasteiger partial charge in [-0.1, -0.05) is 36.4 Å². The number of nitrogens with zero attached hydrogens (tertiary/aromatic N) is 3. The van der Waals surface area contributed by atoms with Gasteiger partial charge in [0, 0.05) is 25.1 Å². The largest absolute Gasteiger partial charge is 0.711 e. The van der Waals surface area contributed by atoms with Crippen LogP contribution in [-0.4, -0.2) is 36.8 Å². The number of hydrogen-bond acceptors (Lipinski definition) is 6. The van der Waals surface area contributed by atoms with E-state index in [1.54, 1.807) is 23.1 Å². The van der Waals surface area contributed by atoms with Gasteiger partial charge >= 0.3 is 6.09 Å². The molecule has 0 bridgehead atoms. The van der Waals surface area contributed by atoms with E-state index in [4.69, 9.17) is 9.47 Å². The molecule has 0 radical (unpaired) electrons. The third kappa shape index (κ3) is 5.15. The molecule has 2 amide bonds. The average Bonchev–Trinajstić information content (AvgIpc) is 2.83. The van der Waals surface area contributed by atoms with Crippen LogP contribution in [0.5, 0.6) is 11.5 Å². The second kappa shape index (κ2) is 9.90. The first kappa shape index (κ1) is 21.9. The summed E-state index contributed by atoms with van der Waals surface area (Å²) in [5.74, 6) is 0.354. The zero-order valence-electron chi connectivity index (χ0n) is 17.8. The topological polar surface area (TPSA) is 106 Å². The van der Waals surface area contributed by atoms with E-state index >= 15 is 0 Å². The molecule has 1 aliphatic rings. The fraction of sp³-hybridized carbons (Fsp3) is 0.208. The zero-order valence-corrected chi connectivity index (χ0v) is 17.8. The second-order valence-corrected chi connectivity index (χ2v) is 7.42. The summed E-state index contributed by atoms with van der Waals surface area (Å²) in [5, 5.41) is 22.0. The number of phenolic OH excluding ortho intramolecular Hbond substituents is 1. The van der Waals surface area contributed by atoms with E-state index in [9.17, 15) is 19.9 Å². The summed E-state index contributed by atoms with van der Waals surface area (Å²) in [6, 6.07) is 18.6. The molecule has 170 valence electrons. The van der Waals surface area contributed by atoms with Crippen molar-refractivity contribution >= 4 is 23.5 Å². The minimum Gasteiger partial charge on any atom is -0.711 e. The fourth-order valence-electron chi connectivity index (χ4n) is 3.55. The maximum absolute atomic E-state index is 12.9. The Balaban J connectivity index is 1.46. The van der Waals surface area contributed by atoms with Crippen LogP contribution < -0.4 is 19.3 Å². The third-order valence-corrected chi connectivity index (χ3v) is 5.16. The lowest BCUT2D eigenvalue weighted by Gasteiger charge is -2.29. The van der Waals surface area contributed by atoms with E-state index < -0.39 is 6.09 Å². The molecule has 0 saturated heterocycles. The zero-order chi connectivity index (χ0) is 23.2. The molecule has 0 aliphatic carbocycles. The summed E-state index contributed by atoms with van der Waals surface area (Å²) >= 11 is 0. The van der Waals surface area contributed by atoms with Crippen LogP contribution in [0, 0.1) is 5.21 Å². The van der Waals surface area contributed by atoms with Crippen LogP contribution in [0.25, 0.3) is 0 Å². The van der Waals surface area contributed by atoms with Crippen LogP contribution in [0.15, 0.2) is 72.9 Å². The molecule has 0 saturated carbocycles. The van der Waals surface area contributed by atoms with Crippen LogP contribution >= 0.6 is 0 Å². The molecule has 9 nitrogen and oxygen atoms in total. The van der Waals surface area contributed by atoms with E-state index in [2.05, 4.69) is 0 Å². The predicted octanol–water partition coefficient (Wildman–Crippen LogP) is 2.98. The molecule has 0 atom stereocenters. The maximum Gasteiger partial charge on any atom is 0.507 e. The van der Waals surface area contributed by atoms with Crippen molar-refractivity contribution in [2.75, 3.05) is 29.5 Å². The average molecular weight is 449 g/mol. The van der Waals surface area contributed by atoms with Gasteiger partial charge in [-0.2, -0.15) is 9.69 Å². The van der Waals surface area contributed by atoms with Crippen LogP contribution in [0.1, 0.15) is 12.0 Å². The van der Waals surface area contributed by atoms with Gasteiger partial charge in [0.1, 0.15) is 18.1 Å². The van der Waals surface area contributed by atoms with E-state index in [1.165, 1.54) is 29.3 Å². The number of fused-ring (bicyclic) bond motifs is 1. The molecular weight excluding hydrogens is 426 g/mol. The van der Waals surface area contributed by atoms with Gasteiger partial charge in [0.05, 0.1) is 18.4 Å². The van der Waals surface area contributed by atoms with Crippen molar-refractivity contribution in [3.05, 3.63) is 83.7 Å². The summed E-state index contributed by atoms with van der Waals surface area (Å²) in [6.45, 7) is 0.366. The summed E-state index contributed by atoms with van der Waals surface area (Å²) < 4.78 is 11.4. The number of hydrogen-bond donors (Lipinski definition) is 1. The Labute approximate surface area is 190 Å². The highest BCUT2D eigenvalue weighted by atomic mass is 16.6. The minimum atomic E-state index is -0.659. The first-order valence-electron chi connectivity index (χ1n) is 10.5. The predicted molar refractivity (Wildman–Crippen MR) is 120 cm³/mol. The molecule has 1 N–H and O–H groups in total. The Morgan fingerprint density at radius 3 is 2.73 bits per heavy atom. The van der Waals surface area contributed by atoms with E-state index in [1.807, 2.05) is 30.3 Å². The minimum absolute atomic E-state index is 0.0412. The van der Waals surface area contributed by atoms with Crippen LogP contribution in [-0.2, 0) is 16.1 Å². The quantitative estimate of drug-likeness (QED) is 0.439. The van der Waals surface area contributed by atoms with Crippen molar-refractivity contribution < 1.29 is 28.9 Å². The lowest BCUT2D eigenvalue weighted by atomic mass is 10.2. The van der Waals surface area contributed by atoms with Crippen LogP contribution in [0.4, 0.5) is 16.3 Å². The second-order valence-electron chi connectivity index (χ2n) is 7.42. The van der Waals surface area contributed by atoms with E-state index in [0.29, 0.717) is 22.6 Å². The lowest BCUT2D eigenvalue weighted by molar-refractivity contribution is -0.591. The number of amides is 2. The van der Waals surface area contributed by atoms with Gasteiger partial charge in [-0.05, 0) is 23.8 Å². The molecule has 1 aliphatic heterocycles. The number of benzene rings is 2. The number of ether oxygens (including phenoxy) is 2. The summed E-state index contributed by atoms with van der Waals surface area (Å²) in [6.07, 6.45) is 1.02. The first-order chi connectivity index (χ1) is 16.0. The van der Waals surface area contributed by atoms with Crippen molar-refractivity contribution in [2.24, 2.45) is 0 Å². The van der Waals surface area contributed by atoms with E-state index in [-0.39, 0.29) is 43.8 Å². The number of pyridine rings is 1. The van der Waals surface area contributed by atoms with Crippen LogP contribution in [0.2, 0.25) is 0 Å². The Morgan fingerprint density at radius 1 is 1.15 bits per heavy atom. The van der Waals surface area contributed by atoms with Crippen molar-refractivity contribution in [3.8, 4) is 11.5 Å². The number of carbonyl (C=O) groups is 2. The molecule has 0 fully saturated rings. The van der Waals surface area contributed by atoms with Crippen molar-refractivity contribution in [1.29, 1.82) is 0 Å². The molecule has 0 spiro atoms. The highest BCUT2D eigenvalue weighted by Gasteiger charge is 2.30. The number of rotatable bonds is 7. The number of phenols is 1. The van der Waals surface area contributed by atoms with Gasteiger partial charge < -0.3 is 24.7 Å². The highest BCUT2D eigenvalue weighted by Crippen LogP contribution is 2.35. The summed E-state index contributed by atoms with van der Waals surface area (Å²) in [4.78, 5) is 28.1. The van der Waals surface area contributed by atoms with Crippen molar-refractivity contribution in [2.45, 2.75) is 13.0 Å². The maximum atomic E-state index is 12.9. The molecule has 33 heavy (non-hydrogen) atoms. The molecule has 2 heterocycles. The van der Waals surface area contributed by atoms with Crippen molar-refractivity contribution in [3.63, 3.8) is 0 Å². The van der Waals surface area contributed by atoms with Gasteiger partial charge in [-0.3, -0.25) is 4.79 Å². The molecule has 4 rings (SSSR count). The van der Waals surface area contributed by atoms with E-state index in [0.717, 1.165) is 5.56 Å². The van der Waals surface area contributed by atoms with Gasteiger partial charge in [0.15, 0.2) is 6.61 Å². The molecule has 3 aromatic rings. The number of carbonyl (C=O) groups excluding carboxylic acids is 2. The Kier molecular flexibility index (Phi) is 6.58. The SMILES string of the molecule is O=C1COc2cc(O)ccc2N1CCCN(C(=O)OCc1ccccc1)c1cccc[n+]1[O-]. The number of aromatic hydroxyl groups is 1. The first-order valence-corrected chi connectivity index (χ1v) is 10.5. The van der Waals surface area contributed by atoms with Crippen molar-refractivity contribution in [1.82, 2.24) is 0 Å². The molecule has 2 aromatic carbocycles. The molecule has 0 unspecified atom stereocenters. The van der Waals surface area contributed by atoms with Crippen LogP contribution in [0.3, 0.4) is 0 Å².